The Hall–Kier alpha value is -1.46. The summed E-state index contributed by atoms with van der Waals surface area (Å²) in [5.74, 6) is 0.340. The van der Waals surface area contributed by atoms with Crippen molar-refractivity contribution in [1.29, 1.82) is 0 Å². The number of benzene rings is 1. The summed E-state index contributed by atoms with van der Waals surface area (Å²) in [4.78, 5) is 18.2. The summed E-state index contributed by atoms with van der Waals surface area (Å²) in [6, 6.07) is 5.27. The topological polar surface area (TPSA) is 46.3 Å². The van der Waals surface area contributed by atoms with Crippen LogP contribution in [0.15, 0.2) is 40.0 Å². The van der Waals surface area contributed by atoms with E-state index in [9.17, 15) is 4.79 Å². The smallest absolute Gasteiger partial charge is 0.257 e. The zero-order chi connectivity index (χ0) is 15.4. The van der Waals surface area contributed by atoms with Crippen LogP contribution >= 0.6 is 23.4 Å². The van der Waals surface area contributed by atoms with Crippen LogP contribution in [0.25, 0.3) is 11.1 Å². The lowest BCUT2D eigenvalue weighted by Crippen LogP contribution is -2.33. The molecule has 6 heteroatoms. The SMILES string of the molecule is C=C(C)CN(CC)C(=O)CSc1nc2cc(Cl)ccc2o1. The molecule has 0 bridgehead atoms. The molecule has 0 atom stereocenters. The predicted octanol–water partition coefficient (Wildman–Crippen LogP) is 4.00. The summed E-state index contributed by atoms with van der Waals surface area (Å²) < 4.78 is 5.57. The van der Waals surface area contributed by atoms with Gasteiger partial charge in [0.2, 0.25) is 5.91 Å². The Balaban J connectivity index is 2.00. The minimum absolute atomic E-state index is 0.0470. The van der Waals surface area contributed by atoms with Crippen molar-refractivity contribution in [2.45, 2.75) is 19.1 Å². The second-order valence-corrected chi connectivity index (χ2v) is 6.11. The van der Waals surface area contributed by atoms with Crippen molar-refractivity contribution in [3.05, 3.63) is 35.4 Å². The molecule has 0 saturated carbocycles. The van der Waals surface area contributed by atoms with E-state index in [4.69, 9.17) is 16.0 Å². The van der Waals surface area contributed by atoms with Crippen molar-refractivity contribution in [1.82, 2.24) is 9.88 Å². The molecule has 21 heavy (non-hydrogen) atoms. The lowest BCUT2D eigenvalue weighted by Gasteiger charge is -2.20. The third-order valence-corrected chi connectivity index (χ3v) is 3.89. The number of nitrogens with zero attached hydrogens (tertiary/aromatic N) is 2. The standard InChI is InChI=1S/C15H17ClN2O2S/c1-4-18(8-10(2)3)14(19)9-21-15-17-12-7-11(16)5-6-13(12)20-15/h5-7H,2,4,8-9H2,1,3H3. The molecule has 1 aromatic heterocycles. The fraction of sp³-hybridized carbons (Fsp3) is 0.333. The molecule has 0 aliphatic rings. The molecule has 0 unspecified atom stereocenters. The van der Waals surface area contributed by atoms with E-state index in [1.54, 1.807) is 23.1 Å². The van der Waals surface area contributed by atoms with Gasteiger partial charge in [0.15, 0.2) is 5.58 Å². The average Bonchev–Trinajstić information content (AvgIpc) is 2.83. The first kappa shape index (κ1) is 15.9. The minimum Gasteiger partial charge on any atom is -0.431 e. The van der Waals surface area contributed by atoms with Crippen molar-refractivity contribution in [3.8, 4) is 0 Å². The van der Waals surface area contributed by atoms with Crippen LogP contribution in [-0.4, -0.2) is 34.6 Å². The van der Waals surface area contributed by atoms with Gasteiger partial charge in [0.25, 0.3) is 5.22 Å². The molecule has 0 spiro atoms. The van der Waals surface area contributed by atoms with Gasteiger partial charge in [0.1, 0.15) is 5.52 Å². The molecule has 1 aromatic carbocycles. The van der Waals surface area contributed by atoms with Crippen molar-refractivity contribution < 1.29 is 9.21 Å². The van der Waals surface area contributed by atoms with E-state index in [1.807, 2.05) is 13.8 Å². The normalized spacial score (nSPS) is 10.8. The Morgan fingerprint density at radius 2 is 2.29 bits per heavy atom. The van der Waals surface area contributed by atoms with Crippen LogP contribution in [0.2, 0.25) is 5.02 Å². The maximum atomic E-state index is 12.1. The maximum Gasteiger partial charge on any atom is 0.257 e. The molecule has 2 aromatic rings. The molecule has 0 fully saturated rings. The molecule has 0 aliphatic carbocycles. The van der Waals surface area contributed by atoms with Crippen molar-refractivity contribution in [2.24, 2.45) is 0 Å². The number of halogens is 1. The summed E-state index contributed by atoms with van der Waals surface area (Å²) in [7, 11) is 0. The molecule has 0 N–H and O–H groups in total. The number of amides is 1. The van der Waals surface area contributed by atoms with Crippen LogP contribution in [0, 0.1) is 0 Å². The molecule has 4 nitrogen and oxygen atoms in total. The van der Waals surface area contributed by atoms with Gasteiger partial charge < -0.3 is 9.32 Å². The second kappa shape index (κ2) is 7.00. The maximum absolute atomic E-state index is 12.1. The number of likely N-dealkylation sites (N-methyl/N-ethyl adjacent to an activating group) is 1. The van der Waals surface area contributed by atoms with Gasteiger partial charge >= 0.3 is 0 Å². The van der Waals surface area contributed by atoms with Gasteiger partial charge in [-0.25, -0.2) is 4.98 Å². The highest BCUT2D eigenvalue weighted by atomic mass is 35.5. The zero-order valence-corrected chi connectivity index (χ0v) is 13.6. The van der Waals surface area contributed by atoms with E-state index in [-0.39, 0.29) is 5.91 Å². The van der Waals surface area contributed by atoms with Gasteiger partial charge in [-0.15, -0.1) is 0 Å². The number of hydrogen-bond donors (Lipinski definition) is 0. The highest BCUT2D eigenvalue weighted by molar-refractivity contribution is 7.99. The first-order valence-corrected chi connectivity index (χ1v) is 7.97. The zero-order valence-electron chi connectivity index (χ0n) is 12.1. The number of rotatable bonds is 6. The molecule has 1 heterocycles. The Kier molecular flexibility index (Phi) is 5.31. The Morgan fingerprint density at radius 1 is 1.52 bits per heavy atom. The van der Waals surface area contributed by atoms with E-state index >= 15 is 0 Å². The first-order chi connectivity index (χ1) is 9.99. The highest BCUT2D eigenvalue weighted by Crippen LogP contribution is 2.25. The molecular weight excluding hydrogens is 308 g/mol. The number of hydrogen-bond acceptors (Lipinski definition) is 4. The van der Waals surface area contributed by atoms with Crippen LogP contribution in [0.3, 0.4) is 0 Å². The van der Waals surface area contributed by atoms with Gasteiger partial charge in [-0.2, -0.15) is 0 Å². The second-order valence-electron chi connectivity index (χ2n) is 4.75. The summed E-state index contributed by atoms with van der Waals surface area (Å²) in [6.07, 6.45) is 0. The summed E-state index contributed by atoms with van der Waals surface area (Å²) in [5, 5.41) is 1.09. The number of thioether (sulfide) groups is 1. The fourth-order valence-electron chi connectivity index (χ4n) is 1.86. The first-order valence-electron chi connectivity index (χ1n) is 6.60. The summed E-state index contributed by atoms with van der Waals surface area (Å²) in [5.41, 5.74) is 2.34. The van der Waals surface area contributed by atoms with Crippen LogP contribution in [-0.2, 0) is 4.79 Å². The van der Waals surface area contributed by atoms with E-state index < -0.39 is 0 Å². The molecule has 0 saturated heterocycles. The lowest BCUT2D eigenvalue weighted by molar-refractivity contribution is -0.127. The minimum atomic E-state index is 0.0470. The van der Waals surface area contributed by atoms with Gasteiger partial charge in [0.05, 0.1) is 5.75 Å². The van der Waals surface area contributed by atoms with Gasteiger partial charge in [-0.1, -0.05) is 35.5 Å². The molecule has 0 aliphatic heterocycles. The van der Waals surface area contributed by atoms with Gasteiger partial charge in [-0.3, -0.25) is 4.79 Å². The van der Waals surface area contributed by atoms with E-state index in [0.29, 0.717) is 40.2 Å². The van der Waals surface area contributed by atoms with Gasteiger partial charge in [-0.05, 0) is 32.0 Å². The number of carbonyl (C=O) groups is 1. The average molecular weight is 325 g/mol. The number of carbonyl (C=O) groups excluding carboxylic acids is 1. The monoisotopic (exact) mass is 324 g/mol. The quantitative estimate of drug-likeness (QED) is 0.595. The van der Waals surface area contributed by atoms with Crippen LogP contribution in [0.5, 0.6) is 0 Å². The van der Waals surface area contributed by atoms with Crippen LogP contribution in [0.4, 0.5) is 0 Å². The summed E-state index contributed by atoms with van der Waals surface area (Å²) in [6.45, 7) is 8.94. The molecule has 2 rings (SSSR count). The van der Waals surface area contributed by atoms with E-state index in [2.05, 4.69) is 11.6 Å². The van der Waals surface area contributed by atoms with E-state index in [0.717, 1.165) is 5.57 Å². The third kappa shape index (κ3) is 4.25. The van der Waals surface area contributed by atoms with Crippen LogP contribution in [0.1, 0.15) is 13.8 Å². The Bertz CT molecular complexity index is 669. The van der Waals surface area contributed by atoms with Crippen molar-refractivity contribution >= 4 is 40.4 Å². The summed E-state index contributed by atoms with van der Waals surface area (Å²) >= 11 is 7.20. The number of aromatic nitrogens is 1. The lowest BCUT2D eigenvalue weighted by atomic mass is 10.3. The number of oxazole rings is 1. The molecule has 112 valence electrons. The predicted molar refractivity (Wildman–Crippen MR) is 86.8 cm³/mol. The van der Waals surface area contributed by atoms with Crippen LogP contribution < -0.4 is 0 Å². The van der Waals surface area contributed by atoms with Crippen molar-refractivity contribution in [3.63, 3.8) is 0 Å². The van der Waals surface area contributed by atoms with Gasteiger partial charge in [0, 0.05) is 18.1 Å². The third-order valence-electron chi connectivity index (χ3n) is 2.84. The Labute approximate surface area is 133 Å². The highest BCUT2D eigenvalue weighted by Gasteiger charge is 2.14. The molecular formula is C15H17ClN2O2S. The largest absolute Gasteiger partial charge is 0.431 e. The van der Waals surface area contributed by atoms with E-state index in [1.165, 1.54) is 11.8 Å². The van der Waals surface area contributed by atoms with Crippen molar-refractivity contribution in [2.75, 3.05) is 18.8 Å². The molecule has 0 radical (unpaired) electrons. The Morgan fingerprint density at radius 3 is 2.95 bits per heavy atom. The fourth-order valence-corrected chi connectivity index (χ4v) is 2.77. The molecule has 1 amide bonds. The number of fused-ring (bicyclic) bond motifs is 1.